The Morgan fingerprint density at radius 3 is 2.33 bits per heavy atom. The summed E-state index contributed by atoms with van der Waals surface area (Å²) >= 11 is 11.6. The van der Waals surface area contributed by atoms with Crippen molar-refractivity contribution in [2.45, 2.75) is 13.0 Å². The van der Waals surface area contributed by atoms with Crippen LogP contribution in [-0.4, -0.2) is 19.1 Å². The molecule has 0 unspecified atom stereocenters. The molecule has 0 radical (unpaired) electrons. The lowest BCUT2D eigenvalue weighted by Gasteiger charge is -2.13. The Bertz CT molecular complexity index is 348. The molecule has 0 aromatic heterocycles. The fourth-order valence-electron chi connectivity index (χ4n) is 1.12. The Morgan fingerprint density at radius 1 is 1.33 bits per heavy atom. The summed E-state index contributed by atoms with van der Waals surface area (Å²) in [6.45, 7) is 1.70. The van der Waals surface area contributed by atoms with Crippen molar-refractivity contribution < 1.29 is 9.53 Å². The highest BCUT2D eigenvalue weighted by atomic mass is 35.5. The van der Waals surface area contributed by atoms with Crippen LogP contribution in [0.5, 0.6) is 0 Å². The van der Waals surface area contributed by atoms with E-state index in [4.69, 9.17) is 23.2 Å². The summed E-state index contributed by atoms with van der Waals surface area (Å²) in [5.41, 5.74) is 0.686. The monoisotopic (exact) mass is 247 g/mol. The van der Waals surface area contributed by atoms with Gasteiger partial charge < -0.3 is 10.1 Å². The zero-order chi connectivity index (χ0) is 11.4. The van der Waals surface area contributed by atoms with Crippen molar-refractivity contribution >= 4 is 34.9 Å². The van der Waals surface area contributed by atoms with Crippen LogP contribution < -0.4 is 5.32 Å². The maximum absolute atomic E-state index is 11.1. The van der Waals surface area contributed by atoms with Crippen LogP contribution in [0.15, 0.2) is 18.2 Å². The maximum atomic E-state index is 11.1. The largest absolute Gasteiger partial charge is 0.467 e. The fraction of sp³-hybridized carbons (Fsp3) is 0.300. The number of rotatable bonds is 3. The molecule has 5 heteroatoms. The summed E-state index contributed by atoms with van der Waals surface area (Å²) in [6.07, 6.45) is 0. The molecular formula is C10H11Cl2NO2. The minimum atomic E-state index is -0.440. The van der Waals surface area contributed by atoms with E-state index in [2.05, 4.69) is 10.1 Å². The van der Waals surface area contributed by atoms with Gasteiger partial charge in [0.05, 0.1) is 7.11 Å². The van der Waals surface area contributed by atoms with Crippen LogP contribution in [0.25, 0.3) is 0 Å². The number of hydrogen-bond donors (Lipinski definition) is 1. The molecule has 0 aliphatic carbocycles. The minimum Gasteiger partial charge on any atom is -0.467 e. The van der Waals surface area contributed by atoms with Gasteiger partial charge in [0.2, 0.25) is 0 Å². The van der Waals surface area contributed by atoms with E-state index in [0.717, 1.165) is 0 Å². The molecule has 82 valence electrons. The molecule has 0 spiro atoms. The number of carbonyl (C=O) groups excluding carboxylic acids is 1. The van der Waals surface area contributed by atoms with Crippen molar-refractivity contribution in [1.29, 1.82) is 0 Å². The van der Waals surface area contributed by atoms with Gasteiger partial charge >= 0.3 is 5.97 Å². The first kappa shape index (κ1) is 12.1. The van der Waals surface area contributed by atoms with E-state index >= 15 is 0 Å². The topological polar surface area (TPSA) is 38.3 Å². The van der Waals surface area contributed by atoms with Gasteiger partial charge in [-0.3, -0.25) is 0 Å². The number of nitrogens with one attached hydrogen (secondary N) is 1. The average Bonchev–Trinajstić information content (AvgIpc) is 2.14. The van der Waals surface area contributed by atoms with Crippen LogP contribution in [0.4, 0.5) is 5.69 Å². The Hall–Kier alpha value is -0.930. The van der Waals surface area contributed by atoms with Gasteiger partial charge in [-0.2, -0.15) is 0 Å². The lowest BCUT2D eigenvalue weighted by atomic mass is 10.2. The summed E-state index contributed by atoms with van der Waals surface area (Å²) in [5, 5.41) is 3.96. The second-order valence-electron chi connectivity index (χ2n) is 3.05. The molecule has 0 saturated heterocycles. The maximum Gasteiger partial charge on any atom is 0.327 e. The molecular weight excluding hydrogens is 237 g/mol. The third-order valence-corrected chi connectivity index (χ3v) is 2.24. The second-order valence-corrected chi connectivity index (χ2v) is 3.92. The van der Waals surface area contributed by atoms with E-state index in [1.165, 1.54) is 7.11 Å². The van der Waals surface area contributed by atoms with Crippen molar-refractivity contribution in [2.24, 2.45) is 0 Å². The molecule has 0 aliphatic rings. The first-order chi connectivity index (χ1) is 7.02. The number of esters is 1. The minimum absolute atomic E-state index is 0.342. The molecule has 1 aromatic carbocycles. The molecule has 1 N–H and O–H groups in total. The molecule has 0 fully saturated rings. The molecule has 1 atom stereocenters. The van der Waals surface area contributed by atoms with Gasteiger partial charge in [-0.25, -0.2) is 4.79 Å². The molecule has 15 heavy (non-hydrogen) atoms. The second kappa shape index (κ2) is 5.24. The number of ether oxygens (including phenoxy) is 1. The van der Waals surface area contributed by atoms with E-state index in [1.54, 1.807) is 25.1 Å². The smallest absolute Gasteiger partial charge is 0.327 e. The van der Waals surface area contributed by atoms with Crippen molar-refractivity contribution in [3.05, 3.63) is 28.2 Å². The zero-order valence-electron chi connectivity index (χ0n) is 8.38. The van der Waals surface area contributed by atoms with Crippen molar-refractivity contribution in [1.82, 2.24) is 0 Å². The Balaban J connectivity index is 2.76. The molecule has 0 saturated carbocycles. The van der Waals surface area contributed by atoms with Crippen LogP contribution in [0.3, 0.4) is 0 Å². The average molecular weight is 248 g/mol. The number of hydrogen-bond acceptors (Lipinski definition) is 3. The van der Waals surface area contributed by atoms with Crippen molar-refractivity contribution in [3.8, 4) is 0 Å². The molecule has 0 amide bonds. The number of halogens is 2. The fourth-order valence-corrected chi connectivity index (χ4v) is 1.65. The number of anilines is 1. The Labute approximate surface area is 98.3 Å². The van der Waals surface area contributed by atoms with Gasteiger partial charge in [-0.1, -0.05) is 23.2 Å². The highest BCUT2D eigenvalue weighted by Crippen LogP contribution is 2.22. The predicted octanol–water partition coefficient (Wildman–Crippen LogP) is 2.97. The molecule has 3 nitrogen and oxygen atoms in total. The summed E-state index contributed by atoms with van der Waals surface area (Å²) in [4.78, 5) is 11.1. The quantitative estimate of drug-likeness (QED) is 0.835. The summed E-state index contributed by atoms with van der Waals surface area (Å²) in [5.74, 6) is -0.342. The normalized spacial score (nSPS) is 12.0. The Morgan fingerprint density at radius 2 is 1.87 bits per heavy atom. The standard InChI is InChI=1S/C10H11Cl2NO2/c1-6(10(14)15-2)13-9-4-7(11)3-8(12)5-9/h3-6,13H,1-2H3/t6-/m0/s1. The van der Waals surface area contributed by atoms with Crippen LogP contribution in [0.2, 0.25) is 10.0 Å². The van der Waals surface area contributed by atoms with Gasteiger partial charge in [0.1, 0.15) is 6.04 Å². The van der Waals surface area contributed by atoms with E-state index in [-0.39, 0.29) is 5.97 Å². The van der Waals surface area contributed by atoms with E-state index in [0.29, 0.717) is 15.7 Å². The highest BCUT2D eigenvalue weighted by molar-refractivity contribution is 6.35. The van der Waals surface area contributed by atoms with Crippen LogP contribution in [-0.2, 0) is 9.53 Å². The van der Waals surface area contributed by atoms with Gasteiger partial charge in [-0.05, 0) is 25.1 Å². The highest BCUT2D eigenvalue weighted by Gasteiger charge is 2.12. The summed E-state index contributed by atoms with van der Waals surface area (Å²) in [7, 11) is 1.34. The Kier molecular flexibility index (Phi) is 4.24. The third-order valence-electron chi connectivity index (χ3n) is 1.80. The third kappa shape index (κ3) is 3.61. The number of benzene rings is 1. The van der Waals surface area contributed by atoms with E-state index in [9.17, 15) is 4.79 Å². The molecule has 0 aliphatic heterocycles. The van der Waals surface area contributed by atoms with Crippen LogP contribution in [0, 0.1) is 0 Å². The SMILES string of the molecule is COC(=O)[C@H](C)Nc1cc(Cl)cc(Cl)c1. The lowest BCUT2D eigenvalue weighted by molar-refractivity contribution is -0.141. The van der Waals surface area contributed by atoms with Crippen LogP contribution >= 0.6 is 23.2 Å². The van der Waals surface area contributed by atoms with Crippen LogP contribution in [0.1, 0.15) is 6.92 Å². The first-order valence-corrected chi connectivity index (χ1v) is 5.09. The molecule has 0 bridgehead atoms. The molecule has 1 aromatic rings. The summed E-state index contributed by atoms with van der Waals surface area (Å²) < 4.78 is 4.58. The zero-order valence-corrected chi connectivity index (χ0v) is 9.89. The number of carbonyl (C=O) groups is 1. The van der Waals surface area contributed by atoms with Crippen molar-refractivity contribution in [2.75, 3.05) is 12.4 Å². The van der Waals surface area contributed by atoms with E-state index < -0.39 is 6.04 Å². The van der Waals surface area contributed by atoms with E-state index in [1.807, 2.05) is 0 Å². The lowest BCUT2D eigenvalue weighted by Crippen LogP contribution is -2.27. The summed E-state index contributed by atoms with van der Waals surface area (Å²) in [6, 6.07) is 4.56. The van der Waals surface area contributed by atoms with Gasteiger partial charge in [-0.15, -0.1) is 0 Å². The van der Waals surface area contributed by atoms with Gasteiger partial charge in [0.25, 0.3) is 0 Å². The molecule has 0 heterocycles. The molecule has 1 rings (SSSR count). The number of methoxy groups -OCH3 is 1. The van der Waals surface area contributed by atoms with Gasteiger partial charge in [0.15, 0.2) is 0 Å². The first-order valence-electron chi connectivity index (χ1n) is 4.33. The predicted molar refractivity (Wildman–Crippen MR) is 61.6 cm³/mol. The van der Waals surface area contributed by atoms with Gasteiger partial charge in [0, 0.05) is 15.7 Å². The van der Waals surface area contributed by atoms with Crippen molar-refractivity contribution in [3.63, 3.8) is 0 Å².